The number of carbonyl (C=O) groups is 2. The van der Waals surface area contributed by atoms with Crippen molar-refractivity contribution in [1.82, 2.24) is 20.0 Å². The molecule has 2 N–H and O–H groups in total. The number of amides is 1. The van der Waals surface area contributed by atoms with Crippen molar-refractivity contribution in [3.8, 4) is 11.3 Å². The molecular weight excluding hydrogens is 535 g/mol. The quantitative estimate of drug-likeness (QED) is 0.416. The second-order valence-electron chi connectivity index (χ2n) is 9.69. The third-order valence-electron chi connectivity index (χ3n) is 6.96. The summed E-state index contributed by atoms with van der Waals surface area (Å²) < 4.78 is 69.7. The van der Waals surface area contributed by atoms with E-state index in [1.807, 2.05) is 0 Å². The highest BCUT2D eigenvalue weighted by Crippen LogP contribution is 2.40. The summed E-state index contributed by atoms with van der Waals surface area (Å²) in [4.78, 5) is 26.0. The van der Waals surface area contributed by atoms with Gasteiger partial charge in [-0.25, -0.2) is 8.78 Å². The number of nitrogens with zero attached hydrogens (tertiary/aromatic N) is 3. The van der Waals surface area contributed by atoms with Crippen LogP contribution in [0.3, 0.4) is 0 Å². The number of likely N-dealkylation sites (tertiary alicyclic amines) is 1. The minimum Gasteiger partial charge on any atom is -0.481 e. The number of carbonyl (C=O) groups excluding carboxylic acids is 1. The molecular formula is C25H30ClF5N4O3. The predicted octanol–water partition coefficient (Wildman–Crippen LogP) is 5.06. The molecule has 2 aromatic rings. The summed E-state index contributed by atoms with van der Waals surface area (Å²) in [6.07, 6.45) is -4.90. The zero-order valence-corrected chi connectivity index (χ0v) is 21.3. The van der Waals surface area contributed by atoms with Crippen molar-refractivity contribution in [2.24, 2.45) is 0 Å². The molecule has 3 unspecified atom stereocenters. The summed E-state index contributed by atoms with van der Waals surface area (Å²) in [6, 6.07) is 5.39. The van der Waals surface area contributed by atoms with Gasteiger partial charge in [0.15, 0.2) is 5.69 Å². The van der Waals surface area contributed by atoms with Gasteiger partial charge in [-0.2, -0.15) is 18.3 Å². The van der Waals surface area contributed by atoms with E-state index in [4.69, 9.17) is 0 Å². The first-order valence-electron chi connectivity index (χ1n) is 12.3. The lowest BCUT2D eigenvalue weighted by atomic mass is 10.0. The van der Waals surface area contributed by atoms with Gasteiger partial charge in [0, 0.05) is 31.2 Å². The number of carboxylic acid groups (broad SMARTS) is 1. The van der Waals surface area contributed by atoms with E-state index in [1.54, 1.807) is 0 Å². The van der Waals surface area contributed by atoms with Crippen molar-refractivity contribution in [2.75, 3.05) is 19.6 Å². The van der Waals surface area contributed by atoms with Gasteiger partial charge < -0.3 is 10.4 Å². The minimum absolute atomic E-state index is 0. The number of aliphatic carboxylic acids is 1. The van der Waals surface area contributed by atoms with Crippen molar-refractivity contribution in [3.63, 3.8) is 0 Å². The Labute approximate surface area is 222 Å². The fourth-order valence-electron chi connectivity index (χ4n) is 5.10. The van der Waals surface area contributed by atoms with Crippen LogP contribution in [0.1, 0.15) is 60.6 Å². The highest BCUT2D eigenvalue weighted by Gasteiger charge is 2.36. The summed E-state index contributed by atoms with van der Waals surface area (Å²) in [7, 11) is 0. The Balaban J connectivity index is 0.00000400. The van der Waals surface area contributed by atoms with Crippen LogP contribution in [0.15, 0.2) is 30.3 Å². The molecule has 2 heterocycles. The second-order valence-corrected chi connectivity index (χ2v) is 9.69. The van der Waals surface area contributed by atoms with Gasteiger partial charge in [-0.05, 0) is 31.4 Å². The van der Waals surface area contributed by atoms with Crippen molar-refractivity contribution >= 4 is 24.3 Å². The zero-order valence-electron chi connectivity index (χ0n) is 20.5. The third kappa shape index (κ3) is 7.02. The molecule has 1 aromatic heterocycles. The number of hydrogen-bond donors (Lipinski definition) is 2. The minimum atomic E-state index is -4.61. The van der Waals surface area contributed by atoms with Crippen LogP contribution < -0.4 is 5.32 Å². The molecule has 1 aliphatic heterocycles. The fourth-order valence-corrected chi connectivity index (χ4v) is 5.10. The van der Waals surface area contributed by atoms with E-state index in [1.165, 1.54) is 33.8 Å². The number of nitrogens with one attached hydrogen (secondary N) is 1. The Morgan fingerprint density at radius 3 is 2.34 bits per heavy atom. The Hall–Kier alpha value is -2.73. The molecule has 1 saturated heterocycles. The summed E-state index contributed by atoms with van der Waals surface area (Å²) >= 11 is 0. The molecule has 1 aromatic carbocycles. The number of halogens is 6. The van der Waals surface area contributed by atoms with Crippen molar-refractivity contribution in [2.45, 2.75) is 69.1 Å². The largest absolute Gasteiger partial charge is 0.481 e. The van der Waals surface area contributed by atoms with Crippen LogP contribution in [0.4, 0.5) is 22.0 Å². The maximum absolute atomic E-state index is 13.7. The standard InChI is InChI=1S/C25H29F5N4O3.ClH/c26-19-13-33(14-20(19)27)10-9-15(11-23(35)36)31-24(37)21-12-22(34(32-21)16-5-1-2-6-16)17-7-3-4-8-18(17)25(28,29)30;/h3-4,7-8,12,15-16,19-20H,1-2,5-6,9-11,13-14H2,(H,31,37)(H,35,36);1H. The van der Waals surface area contributed by atoms with Crippen molar-refractivity contribution in [1.29, 1.82) is 0 Å². The maximum Gasteiger partial charge on any atom is 0.417 e. The number of alkyl halides is 5. The van der Waals surface area contributed by atoms with E-state index in [0.29, 0.717) is 12.8 Å². The van der Waals surface area contributed by atoms with E-state index < -0.39 is 48.4 Å². The Bertz CT molecular complexity index is 1110. The number of hydrogen-bond acceptors (Lipinski definition) is 4. The Morgan fingerprint density at radius 2 is 1.74 bits per heavy atom. The van der Waals surface area contributed by atoms with E-state index in [2.05, 4.69) is 10.4 Å². The zero-order chi connectivity index (χ0) is 26.7. The van der Waals surface area contributed by atoms with Crippen LogP contribution in [0, 0.1) is 0 Å². The molecule has 210 valence electrons. The predicted molar refractivity (Wildman–Crippen MR) is 132 cm³/mol. The van der Waals surface area contributed by atoms with Crippen molar-refractivity contribution in [3.05, 3.63) is 41.6 Å². The third-order valence-corrected chi connectivity index (χ3v) is 6.96. The molecule has 0 bridgehead atoms. The topological polar surface area (TPSA) is 87.5 Å². The van der Waals surface area contributed by atoms with Crippen LogP contribution in [0.2, 0.25) is 0 Å². The van der Waals surface area contributed by atoms with E-state index >= 15 is 0 Å². The van der Waals surface area contributed by atoms with Gasteiger partial charge in [0.2, 0.25) is 0 Å². The maximum atomic E-state index is 13.7. The van der Waals surface area contributed by atoms with Crippen LogP contribution in [0.25, 0.3) is 11.3 Å². The number of aromatic nitrogens is 2. The average Bonchev–Trinajstić information content (AvgIpc) is 3.57. The molecule has 7 nitrogen and oxygen atoms in total. The monoisotopic (exact) mass is 564 g/mol. The molecule has 1 aliphatic carbocycles. The first-order chi connectivity index (χ1) is 17.5. The molecule has 13 heteroatoms. The second kappa shape index (κ2) is 12.4. The summed E-state index contributed by atoms with van der Waals surface area (Å²) in [5.41, 5.74) is -0.887. The van der Waals surface area contributed by atoms with Crippen LogP contribution in [-0.4, -0.2) is 69.7 Å². The lowest BCUT2D eigenvalue weighted by Gasteiger charge is -2.20. The van der Waals surface area contributed by atoms with Gasteiger partial charge in [-0.15, -0.1) is 12.4 Å². The van der Waals surface area contributed by atoms with Gasteiger partial charge in [-0.1, -0.05) is 31.0 Å². The first-order valence-corrected chi connectivity index (χ1v) is 12.3. The normalized spacial score (nSPS) is 21.3. The SMILES string of the molecule is Cl.O=C(O)CC(CCN1CC(F)C(F)C1)NC(=O)c1cc(-c2ccccc2C(F)(F)F)n(C2CCCC2)n1. The van der Waals surface area contributed by atoms with Gasteiger partial charge in [0.05, 0.1) is 23.7 Å². The molecule has 0 spiro atoms. The van der Waals surface area contributed by atoms with Gasteiger partial charge in [0.25, 0.3) is 5.91 Å². The highest BCUT2D eigenvalue weighted by molar-refractivity contribution is 5.94. The molecule has 0 radical (unpaired) electrons. The smallest absolute Gasteiger partial charge is 0.417 e. The van der Waals surface area contributed by atoms with Crippen molar-refractivity contribution < 1.29 is 36.6 Å². The molecule has 1 saturated carbocycles. The molecule has 3 atom stereocenters. The number of carboxylic acids is 1. The first kappa shape index (κ1) is 29.8. The lowest BCUT2D eigenvalue weighted by molar-refractivity contribution is -0.138. The van der Waals surface area contributed by atoms with E-state index in [0.717, 1.165) is 18.9 Å². The fraction of sp³-hybridized carbons (Fsp3) is 0.560. The number of benzene rings is 1. The summed E-state index contributed by atoms with van der Waals surface area (Å²) in [5, 5.41) is 16.2. The van der Waals surface area contributed by atoms with Crippen LogP contribution in [-0.2, 0) is 11.0 Å². The Morgan fingerprint density at radius 1 is 1.11 bits per heavy atom. The van der Waals surface area contributed by atoms with Crippen LogP contribution in [0.5, 0.6) is 0 Å². The number of rotatable bonds is 9. The molecule has 1 amide bonds. The lowest BCUT2D eigenvalue weighted by Crippen LogP contribution is -2.39. The average molecular weight is 565 g/mol. The molecule has 2 aliphatic rings. The Kier molecular flexibility index (Phi) is 9.74. The summed E-state index contributed by atoms with van der Waals surface area (Å²) in [5.74, 6) is -1.89. The molecule has 2 fully saturated rings. The van der Waals surface area contributed by atoms with Gasteiger partial charge in [0.1, 0.15) is 12.3 Å². The van der Waals surface area contributed by atoms with Gasteiger partial charge in [-0.3, -0.25) is 19.2 Å². The molecule has 4 rings (SSSR count). The van der Waals surface area contributed by atoms with E-state index in [9.17, 15) is 36.6 Å². The molecule has 38 heavy (non-hydrogen) atoms. The van der Waals surface area contributed by atoms with Gasteiger partial charge >= 0.3 is 12.1 Å². The van der Waals surface area contributed by atoms with Crippen LogP contribution >= 0.6 is 12.4 Å². The summed E-state index contributed by atoms with van der Waals surface area (Å²) in [6.45, 7) is -0.0366. The highest BCUT2D eigenvalue weighted by atomic mass is 35.5. The van der Waals surface area contributed by atoms with E-state index in [-0.39, 0.29) is 61.5 Å².